The summed E-state index contributed by atoms with van der Waals surface area (Å²) in [4.78, 5) is 6.77. The highest BCUT2D eigenvalue weighted by Crippen LogP contribution is 2.21. The summed E-state index contributed by atoms with van der Waals surface area (Å²) < 4.78 is 7.18. The van der Waals surface area contributed by atoms with Crippen molar-refractivity contribution in [2.24, 2.45) is 0 Å². The largest absolute Gasteiger partial charge is 0.497 e. The molecule has 0 spiro atoms. The van der Waals surface area contributed by atoms with Gasteiger partial charge in [-0.05, 0) is 37.7 Å². The topological polar surface area (TPSA) is 43.2 Å². The Hall–Kier alpha value is -1.88. The fourth-order valence-corrected chi connectivity index (χ4v) is 2.47. The molecule has 0 aliphatic rings. The van der Waals surface area contributed by atoms with Crippen molar-refractivity contribution in [2.45, 2.75) is 32.9 Å². The van der Waals surface area contributed by atoms with Crippen LogP contribution in [0.15, 0.2) is 30.6 Å². The highest BCUT2D eigenvalue weighted by atomic mass is 16.5. The number of hydrogen-bond acceptors (Lipinski definition) is 4. The van der Waals surface area contributed by atoms with Crippen LogP contribution in [0.25, 0.3) is 0 Å². The van der Waals surface area contributed by atoms with Crippen LogP contribution in [0.1, 0.15) is 37.7 Å². The van der Waals surface area contributed by atoms with E-state index in [4.69, 9.17) is 4.74 Å². The van der Waals surface area contributed by atoms with Crippen LogP contribution in [0.3, 0.4) is 0 Å². The van der Waals surface area contributed by atoms with Crippen molar-refractivity contribution < 1.29 is 4.74 Å². The Kier molecular flexibility index (Phi) is 5.33. The van der Waals surface area contributed by atoms with Crippen LogP contribution in [-0.2, 0) is 6.54 Å². The number of hydrogen-bond donors (Lipinski definition) is 0. The number of benzene rings is 1. The molecule has 0 amide bonds. The molecule has 2 aromatic rings. The lowest BCUT2D eigenvalue weighted by Crippen LogP contribution is -2.27. The van der Waals surface area contributed by atoms with E-state index < -0.39 is 0 Å². The molecule has 1 aromatic carbocycles. The maximum absolute atomic E-state index is 5.19. The average Bonchev–Trinajstić information content (AvgIpc) is 2.96. The van der Waals surface area contributed by atoms with Crippen LogP contribution in [-0.4, -0.2) is 40.4 Å². The summed E-state index contributed by atoms with van der Waals surface area (Å²) in [7, 11) is 3.80. The third kappa shape index (κ3) is 3.61. The molecule has 1 atom stereocenters. The van der Waals surface area contributed by atoms with Gasteiger partial charge in [0.2, 0.25) is 0 Å². The van der Waals surface area contributed by atoms with Crippen molar-refractivity contribution in [1.82, 2.24) is 19.7 Å². The van der Waals surface area contributed by atoms with Gasteiger partial charge >= 0.3 is 0 Å². The van der Waals surface area contributed by atoms with E-state index in [0.29, 0.717) is 6.04 Å². The van der Waals surface area contributed by atoms with Gasteiger partial charge in [-0.2, -0.15) is 5.10 Å². The van der Waals surface area contributed by atoms with Crippen molar-refractivity contribution in [1.29, 1.82) is 0 Å². The van der Waals surface area contributed by atoms with E-state index in [1.54, 1.807) is 13.4 Å². The molecule has 21 heavy (non-hydrogen) atoms. The second-order valence-corrected chi connectivity index (χ2v) is 5.12. The van der Waals surface area contributed by atoms with Crippen LogP contribution in [0, 0.1) is 0 Å². The summed E-state index contributed by atoms with van der Waals surface area (Å²) in [6.07, 6.45) is 2.66. The molecule has 114 valence electrons. The van der Waals surface area contributed by atoms with Gasteiger partial charge in [0.15, 0.2) is 0 Å². The first-order valence-electron chi connectivity index (χ1n) is 7.40. The SMILES string of the molecule is CC[C@H](c1ncnn1Cc1ccc(OC)cc1)N(C)CC. The van der Waals surface area contributed by atoms with Gasteiger partial charge in [0, 0.05) is 0 Å². The lowest BCUT2D eigenvalue weighted by atomic mass is 10.1. The zero-order valence-electron chi connectivity index (χ0n) is 13.3. The van der Waals surface area contributed by atoms with Crippen LogP contribution in [0.4, 0.5) is 0 Å². The summed E-state index contributed by atoms with van der Waals surface area (Å²) in [5, 5.41) is 4.39. The molecule has 0 bridgehead atoms. The van der Waals surface area contributed by atoms with E-state index in [0.717, 1.165) is 31.1 Å². The molecule has 0 saturated heterocycles. The van der Waals surface area contributed by atoms with E-state index >= 15 is 0 Å². The Labute approximate surface area is 126 Å². The van der Waals surface area contributed by atoms with E-state index in [1.165, 1.54) is 5.56 Å². The van der Waals surface area contributed by atoms with Crippen LogP contribution < -0.4 is 4.74 Å². The third-order valence-corrected chi connectivity index (χ3v) is 3.85. The highest BCUT2D eigenvalue weighted by Gasteiger charge is 2.19. The molecular weight excluding hydrogens is 264 g/mol. The van der Waals surface area contributed by atoms with Crippen molar-refractivity contribution in [3.8, 4) is 5.75 Å². The number of nitrogens with zero attached hydrogens (tertiary/aromatic N) is 4. The van der Waals surface area contributed by atoms with Gasteiger partial charge in [0.1, 0.15) is 17.9 Å². The summed E-state index contributed by atoms with van der Waals surface area (Å²) >= 11 is 0. The Morgan fingerprint density at radius 1 is 1.24 bits per heavy atom. The Balaban J connectivity index is 2.19. The Morgan fingerprint density at radius 2 is 1.95 bits per heavy atom. The minimum absolute atomic E-state index is 0.302. The molecule has 2 rings (SSSR count). The quantitative estimate of drug-likeness (QED) is 0.785. The molecular formula is C16H24N4O. The number of methoxy groups -OCH3 is 1. The summed E-state index contributed by atoms with van der Waals surface area (Å²) in [5.74, 6) is 1.90. The first-order chi connectivity index (χ1) is 10.2. The minimum atomic E-state index is 0.302. The molecule has 0 aliphatic heterocycles. The zero-order valence-corrected chi connectivity index (χ0v) is 13.3. The molecule has 0 aliphatic carbocycles. The number of aromatic nitrogens is 3. The van der Waals surface area contributed by atoms with E-state index in [1.807, 2.05) is 16.8 Å². The third-order valence-electron chi connectivity index (χ3n) is 3.85. The summed E-state index contributed by atoms with van der Waals surface area (Å²) in [6, 6.07) is 8.38. The van der Waals surface area contributed by atoms with Gasteiger partial charge in [-0.25, -0.2) is 9.67 Å². The Morgan fingerprint density at radius 3 is 2.52 bits per heavy atom. The fourth-order valence-electron chi connectivity index (χ4n) is 2.47. The first kappa shape index (κ1) is 15.5. The summed E-state index contributed by atoms with van der Waals surface area (Å²) in [5.41, 5.74) is 1.19. The maximum Gasteiger partial charge on any atom is 0.144 e. The van der Waals surface area contributed by atoms with Gasteiger partial charge < -0.3 is 4.74 Å². The maximum atomic E-state index is 5.19. The second-order valence-electron chi connectivity index (χ2n) is 5.12. The van der Waals surface area contributed by atoms with Gasteiger partial charge in [0.25, 0.3) is 0 Å². The molecule has 0 unspecified atom stereocenters. The van der Waals surface area contributed by atoms with Crippen molar-refractivity contribution >= 4 is 0 Å². The smallest absolute Gasteiger partial charge is 0.144 e. The average molecular weight is 288 g/mol. The van der Waals surface area contributed by atoms with Crippen LogP contribution in [0.2, 0.25) is 0 Å². The monoisotopic (exact) mass is 288 g/mol. The normalized spacial score (nSPS) is 12.6. The van der Waals surface area contributed by atoms with Crippen molar-refractivity contribution in [3.05, 3.63) is 42.0 Å². The van der Waals surface area contributed by atoms with E-state index in [2.05, 4.69) is 48.0 Å². The van der Waals surface area contributed by atoms with Crippen LogP contribution in [0.5, 0.6) is 5.75 Å². The fraction of sp³-hybridized carbons (Fsp3) is 0.500. The number of rotatable bonds is 7. The molecule has 0 N–H and O–H groups in total. The van der Waals surface area contributed by atoms with Gasteiger partial charge in [-0.15, -0.1) is 0 Å². The van der Waals surface area contributed by atoms with Gasteiger partial charge in [-0.3, -0.25) is 4.90 Å². The molecule has 5 heteroatoms. The first-order valence-corrected chi connectivity index (χ1v) is 7.40. The van der Waals surface area contributed by atoms with E-state index in [-0.39, 0.29) is 0 Å². The number of ether oxygens (including phenoxy) is 1. The minimum Gasteiger partial charge on any atom is -0.497 e. The molecule has 0 fully saturated rings. The van der Waals surface area contributed by atoms with Crippen LogP contribution >= 0.6 is 0 Å². The second kappa shape index (κ2) is 7.22. The molecule has 1 aromatic heterocycles. The van der Waals surface area contributed by atoms with Crippen molar-refractivity contribution in [2.75, 3.05) is 20.7 Å². The lowest BCUT2D eigenvalue weighted by molar-refractivity contribution is 0.234. The van der Waals surface area contributed by atoms with E-state index in [9.17, 15) is 0 Å². The van der Waals surface area contributed by atoms with Gasteiger partial charge in [-0.1, -0.05) is 26.0 Å². The molecule has 0 saturated carbocycles. The molecule has 1 heterocycles. The molecule has 0 radical (unpaired) electrons. The van der Waals surface area contributed by atoms with Gasteiger partial charge in [0.05, 0.1) is 19.7 Å². The lowest BCUT2D eigenvalue weighted by Gasteiger charge is -2.25. The zero-order chi connectivity index (χ0) is 15.2. The summed E-state index contributed by atoms with van der Waals surface area (Å²) in [6.45, 7) is 6.07. The predicted octanol–water partition coefficient (Wildman–Crippen LogP) is 2.74. The molecule has 5 nitrogen and oxygen atoms in total. The Bertz CT molecular complexity index is 550. The standard InChI is InChI=1S/C16H24N4O/c1-5-15(19(3)6-2)16-17-12-18-20(16)11-13-7-9-14(21-4)10-8-13/h7-10,12,15H,5-6,11H2,1-4H3/t15-/m1/s1. The highest BCUT2D eigenvalue weighted by molar-refractivity contribution is 5.27. The predicted molar refractivity (Wildman–Crippen MR) is 83.5 cm³/mol. The van der Waals surface area contributed by atoms with Crippen molar-refractivity contribution in [3.63, 3.8) is 0 Å².